The second-order valence-corrected chi connectivity index (χ2v) is 17.6. The van der Waals surface area contributed by atoms with Gasteiger partial charge in [-0.1, -0.05) is 255 Å². The summed E-state index contributed by atoms with van der Waals surface area (Å²) in [6.45, 7) is 4.02. The number of hydrogen-bond acceptors (Lipinski definition) is 5. The fourth-order valence-electron chi connectivity index (χ4n) is 7.73. The van der Waals surface area contributed by atoms with Crippen LogP contribution >= 0.6 is 0 Å². The lowest BCUT2D eigenvalue weighted by Gasteiger charge is -2.15. The summed E-state index contributed by atoms with van der Waals surface area (Å²) in [4.78, 5) is 24.3. The van der Waals surface area contributed by atoms with Gasteiger partial charge in [0.15, 0.2) is 6.10 Å². The van der Waals surface area contributed by atoms with Crippen molar-refractivity contribution in [3.8, 4) is 0 Å². The predicted octanol–water partition coefficient (Wildman–Crippen LogP) is 17.3. The summed E-state index contributed by atoms with van der Waals surface area (Å²) in [6, 6.07) is 0. The van der Waals surface area contributed by atoms with Crippen LogP contribution in [0.2, 0.25) is 0 Å². The molecule has 0 aromatic carbocycles. The topological polar surface area (TPSA) is 72.8 Å². The summed E-state index contributed by atoms with van der Waals surface area (Å²) < 4.78 is 10.6. The normalized spacial score (nSPS) is 12.5. The van der Waals surface area contributed by atoms with Gasteiger partial charge in [-0.25, -0.2) is 0 Å². The second-order valence-electron chi connectivity index (χ2n) is 17.6. The summed E-state index contributed by atoms with van der Waals surface area (Å²) in [6.07, 6.45) is 66.8. The highest BCUT2D eigenvalue weighted by atomic mass is 16.6. The van der Waals surface area contributed by atoms with Crippen LogP contribution in [-0.2, 0) is 19.1 Å². The third-order valence-electron chi connectivity index (χ3n) is 11.6. The SMILES string of the molecule is CC/C=C\C/C=C\C/C=C\C/C=C\CCCCCCCCCCCCCCCCCCCCCCCCCCC(=O)OC(CO)COC(=O)CCCCCCCCCCC. The van der Waals surface area contributed by atoms with E-state index in [1.807, 2.05) is 0 Å². The number of rotatable bonds is 48. The molecule has 5 nitrogen and oxygen atoms in total. The molecule has 0 heterocycles. The number of carbonyl (C=O) groups is 2. The van der Waals surface area contributed by atoms with Crippen LogP contribution in [0, 0.1) is 0 Å². The van der Waals surface area contributed by atoms with Crippen LogP contribution < -0.4 is 0 Å². The number of esters is 2. The summed E-state index contributed by atoms with van der Waals surface area (Å²) in [5, 5.41) is 9.57. The molecule has 60 heavy (non-hydrogen) atoms. The largest absolute Gasteiger partial charge is 0.462 e. The maximum atomic E-state index is 12.2. The molecule has 0 aromatic heterocycles. The summed E-state index contributed by atoms with van der Waals surface area (Å²) in [7, 11) is 0. The molecule has 350 valence electrons. The van der Waals surface area contributed by atoms with Gasteiger partial charge in [0, 0.05) is 12.8 Å². The Bertz CT molecular complexity index is 997. The minimum atomic E-state index is -0.765. The molecule has 0 rings (SSSR count). The average Bonchev–Trinajstić information content (AvgIpc) is 3.25. The van der Waals surface area contributed by atoms with Crippen LogP contribution in [0.1, 0.15) is 271 Å². The quantitative estimate of drug-likeness (QED) is 0.0375. The van der Waals surface area contributed by atoms with E-state index < -0.39 is 6.10 Å². The van der Waals surface area contributed by atoms with Crippen LogP contribution in [0.15, 0.2) is 48.6 Å². The number of aliphatic hydroxyl groups is 1. The molecule has 1 atom stereocenters. The van der Waals surface area contributed by atoms with Gasteiger partial charge in [-0.3, -0.25) is 9.59 Å². The third-order valence-corrected chi connectivity index (χ3v) is 11.6. The lowest BCUT2D eigenvalue weighted by atomic mass is 10.0. The van der Waals surface area contributed by atoms with E-state index in [1.54, 1.807) is 0 Å². The molecule has 0 radical (unpaired) electrons. The van der Waals surface area contributed by atoms with Crippen molar-refractivity contribution < 1.29 is 24.2 Å². The molecular formula is C55H100O5. The van der Waals surface area contributed by atoms with E-state index in [0.717, 1.165) is 64.2 Å². The number of allylic oxidation sites excluding steroid dienone is 8. The smallest absolute Gasteiger partial charge is 0.306 e. The van der Waals surface area contributed by atoms with Crippen molar-refractivity contribution in [2.24, 2.45) is 0 Å². The van der Waals surface area contributed by atoms with Crippen LogP contribution in [0.25, 0.3) is 0 Å². The Morgan fingerprint density at radius 3 is 1.08 bits per heavy atom. The second kappa shape index (κ2) is 51.2. The summed E-state index contributed by atoms with van der Waals surface area (Å²) in [5.41, 5.74) is 0. The minimum Gasteiger partial charge on any atom is -0.462 e. The van der Waals surface area contributed by atoms with Crippen molar-refractivity contribution in [2.75, 3.05) is 13.2 Å². The van der Waals surface area contributed by atoms with Gasteiger partial charge in [0.2, 0.25) is 0 Å². The molecule has 0 aliphatic carbocycles. The summed E-state index contributed by atoms with van der Waals surface area (Å²) in [5.74, 6) is -0.581. The van der Waals surface area contributed by atoms with Gasteiger partial charge in [0.05, 0.1) is 6.61 Å². The van der Waals surface area contributed by atoms with Crippen molar-refractivity contribution in [2.45, 2.75) is 277 Å². The molecule has 0 fully saturated rings. The first-order chi connectivity index (χ1) is 29.6. The molecule has 0 amide bonds. The Hall–Kier alpha value is -2.14. The number of ether oxygens (including phenoxy) is 2. The number of hydrogen-bond donors (Lipinski definition) is 1. The van der Waals surface area contributed by atoms with E-state index in [1.165, 1.54) is 180 Å². The van der Waals surface area contributed by atoms with E-state index in [2.05, 4.69) is 62.5 Å². The van der Waals surface area contributed by atoms with Gasteiger partial charge in [0.1, 0.15) is 6.61 Å². The molecule has 0 saturated heterocycles. The third kappa shape index (κ3) is 48.5. The monoisotopic (exact) mass is 841 g/mol. The van der Waals surface area contributed by atoms with Gasteiger partial charge in [-0.2, -0.15) is 0 Å². The van der Waals surface area contributed by atoms with Gasteiger partial charge < -0.3 is 14.6 Å². The van der Waals surface area contributed by atoms with E-state index in [4.69, 9.17) is 9.47 Å². The van der Waals surface area contributed by atoms with Crippen molar-refractivity contribution in [3.63, 3.8) is 0 Å². The molecule has 0 saturated carbocycles. The first-order valence-electron chi connectivity index (χ1n) is 26.2. The van der Waals surface area contributed by atoms with Crippen LogP contribution in [-0.4, -0.2) is 36.4 Å². The molecule has 0 bridgehead atoms. The van der Waals surface area contributed by atoms with Crippen molar-refractivity contribution in [3.05, 3.63) is 48.6 Å². The summed E-state index contributed by atoms with van der Waals surface area (Å²) >= 11 is 0. The highest BCUT2D eigenvalue weighted by Gasteiger charge is 2.16. The first-order valence-corrected chi connectivity index (χ1v) is 26.2. The number of unbranched alkanes of at least 4 members (excludes halogenated alkanes) is 32. The Morgan fingerprint density at radius 1 is 0.400 bits per heavy atom. The van der Waals surface area contributed by atoms with Crippen LogP contribution in [0.5, 0.6) is 0 Å². The zero-order valence-corrected chi connectivity index (χ0v) is 40.0. The lowest BCUT2D eigenvalue weighted by Crippen LogP contribution is -2.28. The first kappa shape index (κ1) is 57.9. The van der Waals surface area contributed by atoms with Crippen molar-refractivity contribution >= 4 is 11.9 Å². The molecule has 5 heteroatoms. The molecule has 0 spiro atoms. The lowest BCUT2D eigenvalue weighted by molar-refractivity contribution is -0.161. The van der Waals surface area contributed by atoms with Gasteiger partial charge >= 0.3 is 11.9 Å². The van der Waals surface area contributed by atoms with E-state index >= 15 is 0 Å². The minimum absolute atomic E-state index is 0.0605. The molecule has 0 aliphatic heterocycles. The highest BCUT2D eigenvalue weighted by molar-refractivity contribution is 5.70. The standard InChI is InChI=1S/C55H100O5/c1-3-5-7-9-11-13-14-15-16-17-18-19-20-21-22-23-24-25-26-27-28-29-30-31-32-33-34-35-36-37-38-39-40-42-44-46-48-50-55(58)60-53(51-56)52-59-54(57)49-47-45-43-41-12-10-8-6-4-2/h5,7,11,13,15-16,18-19,53,56H,3-4,6,8-10,12,14,17,20-52H2,1-2H3/b7-5-,13-11-,16-15-,19-18-. The molecule has 0 aromatic rings. The number of aliphatic hydroxyl groups excluding tert-OH is 1. The van der Waals surface area contributed by atoms with E-state index in [9.17, 15) is 14.7 Å². The Kier molecular flexibility index (Phi) is 49.4. The highest BCUT2D eigenvalue weighted by Crippen LogP contribution is 2.17. The molecule has 1 unspecified atom stereocenters. The number of carbonyl (C=O) groups excluding carboxylic acids is 2. The van der Waals surface area contributed by atoms with Crippen molar-refractivity contribution in [1.82, 2.24) is 0 Å². The van der Waals surface area contributed by atoms with Gasteiger partial charge in [-0.15, -0.1) is 0 Å². The molecule has 1 N–H and O–H groups in total. The Labute approximate surface area is 373 Å². The average molecular weight is 841 g/mol. The van der Waals surface area contributed by atoms with Crippen molar-refractivity contribution in [1.29, 1.82) is 0 Å². The molecular weight excluding hydrogens is 741 g/mol. The van der Waals surface area contributed by atoms with Gasteiger partial charge in [-0.05, 0) is 51.4 Å². The van der Waals surface area contributed by atoms with Crippen LogP contribution in [0.4, 0.5) is 0 Å². The van der Waals surface area contributed by atoms with E-state index in [0.29, 0.717) is 12.8 Å². The zero-order chi connectivity index (χ0) is 43.5. The van der Waals surface area contributed by atoms with E-state index in [-0.39, 0.29) is 25.2 Å². The predicted molar refractivity (Wildman–Crippen MR) is 261 cm³/mol. The zero-order valence-electron chi connectivity index (χ0n) is 40.0. The Balaban J connectivity index is 3.36. The fourth-order valence-corrected chi connectivity index (χ4v) is 7.73. The Morgan fingerprint density at radius 2 is 0.717 bits per heavy atom. The maximum absolute atomic E-state index is 12.2. The van der Waals surface area contributed by atoms with Crippen LogP contribution in [0.3, 0.4) is 0 Å². The fraction of sp³-hybridized carbons (Fsp3) is 0.818. The maximum Gasteiger partial charge on any atom is 0.306 e. The molecule has 0 aliphatic rings. The van der Waals surface area contributed by atoms with Gasteiger partial charge in [0.25, 0.3) is 0 Å².